The summed E-state index contributed by atoms with van der Waals surface area (Å²) in [5.74, 6) is -0.811. The molecule has 14 heteroatoms. The first-order valence-electron chi connectivity index (χ1n) is 10.3. The predicted octanol–water partition coefficient (Wildman–Crippen LogP) is 4.13. The quantitative estimate of drug-likeness (QED) is 0.299. The van der Waals surface area contributed by atoms with E-state index in [1.165, 1.54) is 42.5 Å². The van der Waals surface area contributed by atoms with Gasteiger partial charge < -0.3 is 25.4 Å². The third kappa shape index (κ3) is 6.70. The lowest BCUT2D eigenvalue weighted by molar-refractivity contribution is -0.384. The van der Waals surface area contributed by atoms with Gasteiger partial charge in [0.15, 0.2) is 11.7 Å². The molecule has 0 saturated carbocycles. The number of nitro groups is 1. The van der Waals surface area contributed by atoms with Crippen molar-refractivity contribution in [1.82, 2.24) is 9.88 Å². The van der Waals surface area contributed by atoms with E-state index in [9.17, 15) is 28.5 Å². The van der Waals surface area contributed by atoms with E-state index in [1.54, 1.807) is 19.0 Å². The van der Waals surface area contributed by atoms with E-state index >= 15 is 0 Å². The number of hydrogen-bond donors (Lipinski definition) is 2. The number of nitro benzene ring substituents is 1. The van der Waals surface area contributed by atoms with Crippen molar-refractivity contribution in [3.05, 3.63) is 63.7 Å². The number of pyridine rings is 1. The molecule has 0 aliphatic rings. The van der Waals surface area contributed by atoms with E-state index in [-0.39, 0.29) is 34.6 Å². The molecule has 2 heterocycles. The highest BCUT2D eigenvalue weighted by molar-refractivity contribution is 7.18. The van der Waals surface area contributed by atoms with Gasteiger partial charge in [-0.15, -0.1) is 0 Å². The number of aromatic nitrogens is 1. The molecule has 0 spiro atoms. The van der Waals surface area contributed by atoms with Crippen molar-refractivity contribution in [2.45, 2.75) is 13.0 Å². The van der Waals surface area contributed by atoms with Crippen molar-refractivity contribution < 1.29 is 32.8 Å². The molecule has 3 N–H and O–H groups in total. The summed E-state index contributed by atoms with van der Waals surface area (Å²) in [7, 11) is 3.53. The lowest BCUT2D eigenvalue weighted by atomic mass is 10.0. The number of anilines is 1. The zero-order valence-corrected chi connectivity index (χ0v) is 19.9. The van der Waals surface area contributed by atoms with Gasteiger partial charge in [0, 0.05) is 35.2 Å². The van der Waals surface area contributed by atoms with Gasteiger partial charge in [-0.25, -0.2) is 13.6 Å². The van der Waals surface area contributed by atoms with Gasteiger partial charge in [-0.05, 0) is 37.9 Å². The average molecular weight is 522 g/mol. The fourth-order valence-electron chi connectivity index (χ4n) is 3.16. The van der Waals surface area contributed by atoms with E-state index in [4.69, 9.17) is 15.2 Å². The first-order valence-corrected chi connectivity index (χ1v) is 11.1. The molecule has 0 saturated heterocycles. The van der Waals surface area contributed by atoms with Gasteiger partial charge in [0.1, 0.15) is 5.82 Å². The number of carbonyl (C=O) groups is 2. The number of amides is 2. The van der Waals surface area contributed by atoms with Gasteiger partial charge >= 0.3 is 6.09 Å². The number of alkyl halides is 2. The second kappa shape index (κ2) is 11.5. The number of non-ortho nitro benzene ring substituents is 1. The van der Waals surface area contributed by atoms with Crippen molar-refractivity contribution in [1.29, 1.82) is 0 Å². The molecule has 36 heavy (non-hydrogen) atoms. The highest BCUT2D eigenvalue weighted by Gasteiger charge is 2.28. The van der Waals surface area contributed by atoms with Crippen molar-refractivity contribution in [3.63, 3.8) is 0 Å². The lowest BCUT2D eigenvalue weighted by Gasteiger charge is -2.14. The summed E-state index contributed by atoms with van der Waals surface area (Å²) < 4.78 is 34.9. The minimum atomic E-state index is -2.70. The SMILES string of the molecule is CN(C)Cc1c(-c2ccc([N+](=O)[O-])cc2)sc(OC(N)=O)c1C(=O)Nc1cccc(OCC(F)F)n1. The summed E-state index contributed by atoms with van der Waals surface area (Å²) in [5, 5.41) is 13.5. The van der Waals surface area contributed by atoms with Crippen molar-refractivity contribution >= 4 is 34.8 Å². The van der Waals surface area contributed by atoms with Crippen LogP contribution < -0.4 is 20.5 Å². The summed E-state index contributed by atoms with van der Waals surface area (Å²) in [4.78, 5) is 41.7. The fourth-order valence-corrected chi connectivity index (χ4v) is 4.33. The molecule has 0 bridgehead atoms. The molecule has 11 nitrogen and oxygen atoms in total. The van der Waals surface area contributed by atoms with Gasteiger partial charge in [0.05, 0.1) is 10.5 Å². The lowest BCUT2D eigenvalue weighted by Crippen LogP contribution is -2.21. The Labute approximate surface area is 207 Å². The molecule has 3 aromatic rings. The molecule has 0 unspecified atom stereocenters. The van der Waals surface area contributed by atoms with E-state index in [1.807, 2.05) is 0 Å². The van der Waals surface area contributed by atoms with Crippen LogP contribution in [0.5, 0.6) is 10.9 Å². The monoisotopic (exact) mass is 521 g/mol. The zero-order chi connectivity index (χ0) is 26.4. The Balaban J connectivity index is 2.04. The first-order chi connectivity index (χ1) is 17.0. The number of benzene rings is 1. The number of hydrogen-bond acceptors (Lipinski definition) is 9. The highest BCUT2D eigenvalue weighted by Crippen LogP contribution is 2.43. The van der Waals surface area contributed by atoms with Gasteiger partial charge in [0.2, 0.25) is 5.88 Å². The number of rotatable bonds is 10. The molecule has 0 aliphatic carbocycles. The average Bonchev–Trinajstić information content (AvgIpc) is 3.14. The second-order valence-corrected chi connectivity index (χ2v) is 8.54. The van der Waals surface area contributed by atoms with Crippen LogP contribution in [-0.4, -0.2) is 53.9 Å². The third-order valence-electron chi connectivity index (χ3n) is 4.53. The molecule has 1 aromatic carbocycles. The Bertz CT molecular complexity index is 1270. The number of nitrogens with zero attached hydrogens (tertiary/aromatic N) is 3. The van der Waals surface area contributed by atoms with E-state index in [0.29, 0.717) is 16.0 Å². The topological polar surface area (TPSA) is 150 Å². The Morgan fingerprint density at radius 3 is 2.50 bits per heavy atom. The molecular formula is C22H21F2N5O6S. The van der Waals surface area contributed by atoms with Crippen LogP contribution in [0.15, 0.2) is 42.5 Å². The van der Waals surface area contributed by atoms with Crippen LogP contribution in [0, 0.1) is 10.1 Å². The van der Waals surface area contributed by atoms with E-state index in [0.717, 1.165) is 11.3 Å². The Hall–Kier alpha value is -4.17. The van der Waals surface area contributed by atoms with Gasteiger partial charge in [-0.2, -0.15) is 4.98 Å². The summed E-state index contributed by atoms with van der Waals surface area (Å²) in [6, 6.07) is 9.91. The van der Waals surface area contributed by atoms with Crippen LogP contribution in [0.2, 0.25) is 0 Å². The Morgan fingerprint density at radius 2 is 1.92 bits per heavy atom. The van der Waals surface area contributed by atoms with Gasteiger partial charge in [-0.1, -0.05) is 17.4 Å². The van der Waals surface area contributed by atoms with Crippen LogP contribution in [0.1, 0.15) is 15.9 Å². The van der Waals surface area contributed by atoms with E-state index in [2.05, 4.69) is 10.3 Å². The number of thiophene rings is 1. The Morgan fingerprint density at radius 1 is 1.22 bits per heavy atom. The number of ether oxygens (including phenoxy) is 2. The molecule has 190 valence electrons. The molecule has 3 rings (SSSR count). The minimum Gasteiger partial charge on any atom is -0.472 e. The summed E-state index contributed by atoms with van der Waals surface area (Å²) in [6.07, 6.45) is -3.84. The first kappa shape index (κ1) is 26.4. The van der Waals surface area contributed by atoms with Crippen LogP contribution >= 0.6 is 11.3 Å². The summed E-state index contributed by atoms with van der Waals surface area (Å²) in [5.41, 5.74) is 6.12. The Kier molecular flexibility index (Phi) is 8.45. The largest absolute Gasteiger partial charge is 0.472 e. The van der Waals surface area contributed by atoms with Crippen LogP contribution in [-0.2, 0) is 6.54 Å². The summed E-state index contributed by atoms with van der Waals surface area (Å²) >= 11 is 0.968. The van der Waals surface area contributed by atoms with Crippen LogP contribution in [0.25, 0.3) is 10.4 Å². The fraction of sp³-hybridized carbons (Fsp3) is 0.227. The maximum atomic E-state index is 13.3. The second-order valence-electron chi connectivity index (χ2n) is 7.55. The minimum absolute atomic E-state index is 0.00144. The molecule has 0 atom stereocenters. The van der Waals surface area contributed by atoms with Gasteiger partial charge in [0.25, 0.3) is 18.0 Å². The van der Waals surface area contributed by atoms with Gasteiger partial charge in [-0.3, -0.25) is 14.9 Å². The molecule has 2 amide bonds. The number of nitrogens with one attached hydrogen (secondary N) is 1. The maximum Gasteiger partial charge on any atom is 0.410 e. The zero-order valence-electron chi connectivity index (χ0n) is 19.1. The van der Waals surface area contributed by atoms with Crippen LogP contribution in [0.4, 0.5) is 25.1 Å². The summed E-state index contributed by atoms with van der Waals surface area (Å²) in [6.45, 7) is -0.629. The molecule has 0 radical (unpaired) electrons. The predicted molar refractivity (Wildman–Crippen MR) is 128 cm³/mol. The number of halogens is 2. The van der Waals surface area contributed by atoms with Crippen molar-refractivity contribution in [2.24, 2.45) is 5.73 Å². The maximum absolute atomic E-state index is 13.3. The number of nitrogens with two attached hydrogens (primary N) is 1. The standard InChI is InChI=1S/C22H21F2N5O6S/c1-28(2)10-14-18(20(30)27-16-4-3-5-17(26-16)34-11-15(23)24)21(35-22(25)31)36-19(14)12-6-8-13(9-7-12)29(32)33/h3-9,15H,10-11H2,1-2H3,(H2,25,31)(H,26,27,30). The van der Waals surface area contributed by atoms with E-state index < -0.39 is 30.0 Å². The van der Waals surface area contributed by atoms with Crippen LogP contribution in [0.3, 0.4) is 0 Å². The molecule has 0 fully saturated rings. The smallest absolute Gasteiger partial charge is 0.410 e. The third-order valence-corrected chi connectivity index (χ3v) is 5.69. The molecular weight excluding hydrogens is 500 g/mol. The number of primary amides is 1. The molecule has 2 aromatic heterocycles. The highest BCUT2D eigenvalue weighted by atomic mass is 32.1. The van der Waals surface area contributed by atoms with Crippen molar-refractivity contribution in [3.8, 4) is 21.4 Å². The normalized spacial score (nSPS) is 10.9. The van der Waals surface area contributed by atoms with Crippen molar-refractivity contribution in [2.75, 3.05) is 26.0 Å². The number of carbonyl (C=O) groups excluding carboxylic acids is 2. The molecule has 0 aliphatic heterocycles.